The van der Waals surface area contributed by atoms with Crippen LogP contribution in [0.5, 0.6) is 0 Å². The SMILES string of the molecule is Cn1nc(C(=O)NCCC(c2ccc(F)cc2)c2ccco2)ccc1=O. The second kappa shape index (κ2) is 7.77. The van der Waals surface area contributed by atoms with E-state index in [0.717, 1.165) is 16.0 Å². The van der Waals surface area contributed by atoms with Gasteiger partial charge in [0.1, 0.15) is 17.3 Å². The van der Waals surface area contributed by atoms with E-state index in [-0.39, 0.29) is 28.9 Å². The van der Waals surface area contributed by atoms with Gasteiger partial charge >= 0.3 is 0 Å². The van der Waals surface area contributed by atoms with Gasteiger partial charge in [0, 0.05) is 25.6 Å². The summed E-state index contributed by atoms with van der Waals surface area (Å²) in [7, 11) is 1.49. The topological polar surface area (TPSA) is 77.1 Å². The van der Waals surface area contributed by atoms with Crippen molar-refractivity contribution in [1.82, 2.24) is 15.1 Å². The molecule has 2 aromatic heterocycles. The average molecular weight is 355 g/mol. The van der Waals surface area contributed by atoms with Crippen molar-refractivity contribution in [3.8, 4) is 0 Å². The Labute approximate surface area is 149 Å². The third-order valence-corrected chi connectivity index (χ3v) is 4.07. The van der Waals surface area contributed by atoms with E-state index in [1.165, 1.54) is 31.3 Å². The maximum absolute atomic E-state index is 13.2. The minimum absolute atomic E-state index is 0.112. The third-order valence-electron chi connectivity index (χ3n) is 4.07. The first kappa shape index (κ1) is 17.6. The molecule has 0 spiro atoms. The van der Waals surface area contributed by atoms with Crippen LogP contribution < -0.4 is 10.9 Å². The van der Waals surface area contributed by atoms with Crippen LogP contribution in [0, 0.1) is 5.82 Å². The molecule has 7 heteroatoms. The normalized spacial score (nSPS) is 11.9. The number of carbonyl (C=O) groups excluding carboxylic acids is 1. The maximum Gasteiger partial charge on any atom is 0.271 e. The minimum Gasteiger partial charge on any atom is -0.469 e. The van der Waals surface area contributed by atoms with Gasteiger partial charge in [-0.2, -0.15) is 5.10 Å². The molecule has 6 nitrogen and oxygen atoms in total. The van der Waals surface area contributed by atoms with Gasteiger partial charge in [0.2, 0.25) is 0 Å². The standard InChI is InChI=1S/C19H18FN3O3/c1-23-18(24)9-8-16(22-23)19(25)21-11-10-15(17-3-2-12-26-17)13-4-6-14(20)7-5-13/h2-9,12,15H,10-11H2,1H3,(H,21,25). The molecule has 1 atom stereocenters. The molecule has 134 valence electrons. The highest BCUT2D eigenvalue weighted by molar-refractivity contribution is 5.91. The van der Waals surface area contributed by atoms with Gasteiger partial charge in [-0.15, -0.1) is 0 Å². The number of furan rings is 1. The molecule has 0 saturated carbocycles. The number of aryl methyl sites for hydroxylation is 1. The number of halogens is 1. The lowest BCUT2D eigenvalue weighted by Gasteiger charge is -2.15. The number of nitrogens with zero attached hydrogens (tertiary/aromatic N) is 2. The molecule has 3 rings (SSSR count). The molecule has 0 bridgehead atoms. The fourth-order valence-electron chi connectivity index (χ4n) is 2.70. The molecule has 1 aromatic carbocycles. The van der Waals surface area contributed by atoms with E-state index in [9.17, 15) is 14.0 Å². The molecule has 0 radical (unpaired) electrons. The van der Waals surface area contributed by atoms with E-state index in [1.807, 2.05) is 6.07 Å². The fourth-order valence-corrected chi connectivity index (χ4v) is 2.70. The summed E-state index contributed by atoms with van der Waals surface area (Å²) in [6.07, 6.45) is 2.15. The monoisotopic (exact) mass is 355 g/mol. The van der Waals surface area contributed by atoms with Gasteiger partial charge in [-0.25, -0.2) is 9.07 Å². The highest BCUT2D eigenvalue weighted by Gasteiger charge is 2.18. The van der Waals surface area contributed by atoms with E-state index in [2.05, 4.69) is 10.4 Å². The van der Waals surface area contributed by atoms with Gasteiger partial charge in [0.05, 0.1) is 6.26 Å². The first-order chi connectivity index (χ1) is 12.5. The number of amides is 1. The molecular weight excluding hydrogens is 337 g/mol. The van der Waals surface area contributed by atoms with Gasteiger partial charge < -0.3 is 9.73 Å². The molecule has 2 heterocycles. The van der Waals surface area contributed by atoms with Crippen molar-refractivity contribution in [3.63, 3.8) is 0 Å². The second-order valence-corrected chi connectivity index (χ2v) is 5.84. The molecule has 1 N–H and O–H groups in total. The van der Waals surface area contributed by atoms with Crippen LogP contribution in [0.1, 0.15) is 34.2 Å². The van der Waals surface area contributed by atoms with Crippen LogP contribution in [0.15, 0.2) is 64.0 Å². The van der Waals surface area contributed by atoms with Crippen LogP contribution >= 0.6 is 0 Å². The largest absolute Gasteiger partial charge is 0.469 e. The highest BCUT2D eigenvalue weighted by atomic mass is 19.1. The number of hydrogen-bond acceptors (Lipinski definition) is 4. The summed E-state index contributed by atoms with van der Waals surface area (Å²) >= 11 is 0. The average Bonchev–Trinajstić information content (AvgIpc) is 3.16. The number of carbonyl (C=O) groups is 1. The molecule has 1 amide bonds. The molecule has 26 heavy (non-hydrogen) atoms. The number of nitrogens with one attached hydrogen (secondary N) is 1. The lowest BCUT2D eigenvalue weighted by Crippen LogP contribution is -2.29. The summed E-state index contributed by atoms with van der Waals surface area (Å²) in [5.74, 6) is -0.0380. The number of hydrogen-bond donors (Lipinski definition) is 1. The van der Waals surface area contributed by atoms with E-state index in [4.69, 9.17) is 4.42 Å². The zero-order chi connectivity index (χ0) is 18.5. The van der Waals surface area contributed by atoms with Crippen molar-refractivity contribution in [2.45, 2.75) is 12.3 Å². The van der Waals surface area contributed by atoms with E-state index >= 15 is 0 Å². The van der Waals surface area contributed by atoms with Crippen molar-refractivity contribution in [1.29, 1.82) is 0 Å². The van der Waals surface area contributed by atoms with E-state index in [1.54, 1.807) is 24.5 Å². The summed E-state index contributed by atoms with van der Waals surface area (Å²) in [5, 5.41) is 6.71. The summed E-state index contributed by atoms with van der Waals surface area (Å²) in [4.78, 5) is 23.5. The van der Waals surface area contributed by atoms with Gasteiger partial charge in [-0.1, -0.05) is 12.1 Å². The zero-order valence-electron chi connectivity index (χ0n) is 14.2. The van der Waals surface area contributed by atoms with Crippen LogP contribution in [0.3, 0.4) is 0 Å². The molecule has 0 fully saturated rings. The van der Waals surface area contributed by atoms with Gasteiger partial charge in [0.25, 0.3) is 11.5 Å². The quantitative estimate of drug-likeness (QED) is 0.737. The first-order valence-corrected chi connectivity index (χ1v) is 8.16. The lowest BCUT2D eigenvalue weighted by molar-refractivity contribution is 0.0945. The number of benzene rings is 1. The van der Waals surface area contributed by atoms with Crippen molar-refractivity contribution < 1.29 is 13.6 Å². The van der Waals surface area contributed by atoms with E-state index in [0.29, 0.717) is 13.0 Å². The Morgan fingerprint density at radius 2 is 2.00 bits per heavy atom. The van der Waals surface area contributed by atoms with Crippen LogP contribution in [-0.4, -0.2) is 22.2 Å². The smallest absolute Gasteiger partial charge is 0.271 e. The van der Waals surface area contributed by atoms with E-state index < -0.39 is 0 Å². The number of aromatic nitrogens is 2. The Morgan fingerprint density at radius 1 is 1.23 bits per heavy atom. The lowest BCUT2D eigenvalue weighted by atomic mass is 9.93. The predicted molar refractivity (Wildman–Crippen MR) is 93.4 cm³/mol. The molecule has 1 unspecified atom stereocenters. The minimum atomic E-state index is -0.363. The van der Waals surface area contributed by atoms with Crippen molar-refractivity contribution >= 4 is 5.91 Å². The van der Waals surface area contributed by atoms with Crippen LogP contribution in [0.2, 0.25) is 0 Å². The molecule has 0 aliphatic heterocycles. The van der Waals surface area contributed by atoms with Crippen LogP contribution in [-0.2, 0) is 7.05 Å². The maximum atomic E-state index is 13.2. The third kappa shape index (κ3) is 4.05. The van der Waals surface area contributed by atoms with Gasteiger partial charge in [-0.05, 0) is 42.3 Å². The molecule has 0 aliphatic rings. The van der Waals surface area contributed by atoms with Crippen LogP contribution in [0.4, 0.5) is 4.39 Å². The summed E-state index contributed by atoms with van der Waals surface area (Å²) in [5.41, 5.74) is 0.787. The molecule has 0 aliphatic carbocycles. The number of rotatable bonds is 6. The Kier molecular flexibility index (Phi) is 5.26. The van der Waals surface area contributed by atoms with Crippen molar-refractivity contribution in [3.05, 3.63) is 88.0 Å². The molecular formula is C19H18FN3O3. The van der Waals surface area contributed by atoms with Crippen molar-refractivity contribution in [2.24, 2.45) is 7.05 Å². The summed E-state index contributed by atoms with van der Waals surface area (Å²) in [6, 6.07) is 12.5. The Bertz CT molecular complexity index is 933. The summed E-state index contributed by atoms with van der Waals surface area (Å²) in [6.45, 7) is 0.367. The Balaban J connectivity index is 1.68. The molecule has 3 aromatic rings. The Morgan fingerprint density at radius 3 is 2.65 bits per heavy atom. The fraction of sp³-hybridized carbons (Fsp3) is 0.211. The second-order valence-electron chi connectivity index (χ2n) is 5.84. The predicted octanol–water partition coefficient (Wildman–Crippen LogP) is 2.46. The Hall–Kier alpha value is -3.22. The van der Waals surface area contributed by atoms with Crippen LogP contribution in [0.25, 0.3) is 0 Å². The highest BCUT2D eigenvalue weighted by Crippen LogP contribution is 2.28. The zero-order valence-corrected chi connectivity index (χ0v) is 14.2. The van der Waals surface area contributed by atoms with Crippen molar-refractivity contribution in [2.75, 3.05) is 6.54 Å². The van der Waals surface area contributed by atoms with Gasteiger partial charge in [-0.3, -0.25) is 9.59 Å². The summed E-state index contributed by atoms with van der Waals surface area (Å²) < 4.78 is 19.8. The molecule has 0 saturated heterocycles. The van der Waals surface area contributed by atoms with Gasteiger partial charge in [0.15, 0.2) is 0 Å². The first-order valence-electron chi connectivity index (χ1n) is 8.16.